The summed E-state index contributed by atoms with van der Waals surface area (Å²) in [6.45, 7) is 3.53. The number of hydrogen-bond donors (Lipinski definition) is 2. The van der Waals surface area contributed by atoms with E-state index in [4.69, 9.17) is 8.94 Å². The highest BCUT2D eigenvalue weighted by Gasteiger charge is 2.15. The second-order valence-electron chi connectivity index (χ2n) is 4.19. The van der Waals surface area contributed by atoms with E-state index in [1.54, 1.807) is 13.0 Å². The number of amides is 1. The Morgan fingerprint density at radius 3 is 2.80 bits per heavy atom. The molecule has 0 aliphatic carbocycles. The SMILES string of the molecule is Cc1cc(C(=O)Nc2n[nH]c(-c3ccc(C)o3)n2)no1. The fraction of sp³-hybridized carbons (Fsp3) is 0.167. The number of carbonyl (C=O) groups excluding carboxylic acids is 1. The minimum atomic E-state index is -0.442. The van der Waals surface area contributed by atoms with Gasteiger partial charge in [-0.1, -0.05) is 5.16 Å². The molecule has 0 fully saturated rings. The minimum absolute atomic E-state index is 0.139. The summed E-state index contributed by atoms with van der Waals surface area (Å²) >= 11 is 0. The molecule has 102 valence electrons. The van der Waals surface area contributed by atoms with E-state index in [2.05, 4.69) is 25.7 Å². The molecule has 3 rings (SSSR count). The Bertz CT molecular complexity index is 755. The highest BCUT2D eigenvalue weighted by Crippen LogP contribution is 2.18. The number of aryl methyl sites for hydroxylation is 2. The fourth-order valence-electron chi connectivity index (χ4n) is 1.63. The van der Waals surface area contributed by atoms with Gasteiger partial charge in [-0.2, -0.15) is 4.98 Å². The molecule has 0 aromatic carbocycles. The number of nitrogens with one attached hydrogen (secondary N) is 2. The Hall–Kier alpha value is -2.90. The Morgan fingerprint density at radius 1 is 1.30 bits per heavy atom. The molecule has 0 radical (unpaired) electrons. The van der Waals surface area contributed by atoms with Crippen LogP contribution in [0.2, 0.25) is 0 Å². The summed E-state index contributed by atoms with van der Waals surface area (Å²) in [4.78, 5) is 15.9. The molecule has 8 heteroatoms. The molecule has 3 heterocycles. The monoisotopic (exact) mass is 273 g/mol. The Kier molecular flexibility index (Phi) is 2.82. The molecule has 0 saturated carbocycles. The predicted molar refractivity (Wildman–Crippen MR) is 68.0 cm³/mol. The van der Waals surface area contributed by atoms with Crippen LogP contribution < -0.4 is 5.32 Å². The Labute approximate surface area is 113 Å². The van der Waals surface area contributed by atoms with Crippen molar-refractivity contribution in [3.63, 3.8) is 0 Å². The molecule has 0 aliphatic heterocycles. The van der Waals surface area contributed by atoms with Gasteiger partial charge in [0.15, 0.2) is 17.3 Å². The Morgan fingerprint density at radius 2 is 2.15 bits per heavy atom. The van der Waals surface area contributed by atoms with Crippen molar-refractivity contribution in [2.75, 3.05) is 5.32 Å². The van der Waals surface area contributed by atoms with Crippen LogP contribution in [0.25, 0.3) is 11.6 Å². The summed E-state index contributed by atoms with van der Waals surface area (Å²) in [6, 6.07) is 5.11. The normalized spacial score (nSPS) is 10.7. The van der Waals surface area contributed by atoms with E-state index in [1.165, 1.54) is 6.07 Å². The maximum absolute atomic E-state index is 11.8. The lowest BCUT2D eigenvalue weighted by Crippen LogP contribution is -2.13. The van der Waals surface area contributed by atoms with E-state index < -0.39 is 5.91 Å². The summed E-state index contributed by atoms with van der Waals surface area (Å²) in [5.41, 5.74) is 0.169. The van der Waals surface area contributed by atoms with E-state index in [0.717, 1.165) is 5.76 Å². The van der Waals surface area contributed by atoms with Crippen LogP contribution in [0.1, 0.15) is 22.0 Å². The summed E-state index contributed by atoms with van der Waals surface area (Å²) in [5.74, 6) is 2.00. The number of H-pyrrole nitrogens is 1. The van der Waals surface area contributed by atoms with Gasteiger partial charge in [0.1, 0.15) is 11.5 Å². The lowest BCUT2D eigenvalue weighted by atomic mass is 10.3. The smallest absolute Gasteiger partial charge is 0.280 e. The lowest BCUT2D eigenvalue weighted by molar-refractivity contribution is 0.101. The van der Waals surface area contributed by atoms with Gasteiger partial charge in [0, 0.05) is 6.07 Å². The van der Waals surface area contributed by atoms with Crippen LogP contribution in [0, 0.1) is 13.8 Å². The van der Waals surface area contributed by atoms with Crippen molar-refractivity contribution < 1.29 is 13.7 Å². The van der Waals surface area contributed by atoms with Crippen molar-refractivity contribution in [1.82, 2.24) is 20.3 Å². The molecular formula is C12H11N5O3. The number of aromatic amines is 1. The van der Waals surface area contributed by atoms with Gasteiger partial charge in [-0.15, -0.1) is 5.10 Å². The van der Waals surface area contributed by atoms with Gasteiger partial charge in [0.05, 0.1) is 0 Å². The second-order valence-corrected chi connectivity index (χ2v) is 4.19. The minimum Gasteiger partial charge on any atom is -0.458 e. The maximum atomic E-state index is 11.8. The Balaban J connectivity index is 1.76. The van der Waals surface area contributed by atoms with Crippen molar-refractivity contribution in [1.29, 1.82) is 0 Å². The van der Waals surface area contributed by atoms with E-state index in [9.17, 15) is 4.79 Å². The topological polar surface area (TPSA) is 110 Å². The summed E-state index contributed by atoms with van der Waals surface area (Å²) in [6.07, 6.45) is 0. The van der Waals surface area contributed by atoms with Gasteiger partial charge in [0.2, 0.25) is 5.95 Å². The molecule has 0 atom stereocenters. The number of anilines is 1. The molecule has 3 aromatic heterocycles. The summed E-state index contributed by atoms with van der Waals surface area (Å²) < 4.78 is 10.2. The highest BCUT2D eigenvalue weighted by molar-refractivity contribution is 6.01. The van der Waals surface area contributed by atoms with Crippen molar-refractivity contribution >= 4 is 11.9 Å². The van der Waals surface area contributed by atoms with Gasteiger partial charge in [0.25, 0.3) is 5.91 Å². The van der Waals surface area contributed by atoms with Gasteiger partial charge in [-0.3, -0.25) is 15.2 Å². The average molecular weight is 273 g/mol. The van der Waals surface area contributed by atoms with Crippen LogP contribution in [0.4, 0.5) is 5.95 Å². The summed E-state index contributed by atoms with van der Waals surface area (Å²) in [5, 5.41) is 12.7. The zero-order chi connectivity index (χ0) is 14.1. The predicted octanol–water partition coefficient (Wildman–Crippen LogP) is 1.92. The standard InChI is InChI=1S/C12H11N5O3/c1-6-3-4-9(19-6)10-13-12(16-15-10)14-11(18)8-5-7(2)20-17-8/h3-5H,1-2H3,(H2,13,14,15,16,18). The van der Waals surface area contributed by atoms with Gasteiger partial charge in [-0.25, -0.2) is 0 Å². The van der Waals surface area contributed by atoms with Crippen molar-refractivity contribution in [3.05, 3.63) is 35.4 Å². The van der Waals surface area contributed by atoms with Crippen LogP contribution in [-0.4, -0.2) is 26.2 Å². The van der Waals surface area contributed by atoms with Gasteiger partial charge in [-0.05, 0) is 26.0 Å². The molecule has 2 N–H and O–H groups in total. The first kappa shape index (κ1) is 12.2. The van der Waals surface area contributed by atoms with E-state index in [0.29, 0.717) is 17.3 Å². The number of nitrogens with zero attached hydrogens (tertiary/aromatic N) is 3. The third kappa shape index (κ3) is 2.30. The average Bonchev–Trinajstić information content (AvgIpc) is 3.10. The third-order valence-electron chi connectivity index (χ3n) is 2.55. The first-order valence-corrected chi connectivity index (χ1v) is 5.86. The molecule has 20 heavy (non-hydrogen) atoms. The zero-order valence-electron chi connectivity index (χ0n) is 10.8. The number of furan rings is 1. The molecule has 8 nitrogen and oxygen atoms in total. The molecule has 0 saturated heterocycles. The quantitative estimate of drug-likeness (QED) is 0.754. The largest absolute Gasteiger partial charge is 0.458 e. The van der Waals surface area contributed by atoms with Crippen molar-refractivity contribution in [3.8, 4) is 11.6 Å². The third-order valence-corrected chi connectivity index (χ3v) is 2.55. The molecular weight excluding hydrogens is 262 g/mol. The van der Waals surface area contributed by atoms with E-state index in [1.807, 2.05) is 13.0 Å². The summed E-state index contributed by atoms with van der Waals surface area (Å²) in [7, 11) is 0. The number of hydrogen-bond acceptors (Lipinski definition) is 6. The van der Waals surface area contributed by atoms with E-state index >= 15 is 0 Å². The number of rotatable bonds is 3. The van der Waals surface area contributed by atoms with Crippen LogP contribution in [0.15, 0.2) is 27.1 Å². The van der Waals surface area contributed by atoms with Crippen molar-refractivity contribution in [2.24, 2.45) is 0 Å². The van der Waals surface area contributed by atoms with Crippen LogP contribution >= 0.6 is 0 Å². The molecule has 3 aromatic rings. The zero-order valence-corrected chi connectivity index (χ0v) is 10.8. The molecule has 0 spiro atoms. The first-order chi connectivity index (χ1) is 9.61. The number of carbonyl (C=O) groups is 1. The number of aromatic nitrogens is 4. The van der Waals surface area contributed by atoms with Gasteiger partial charge >= 0.3 is 0 Å². The lowest BCUT2D eigenvalue weighted by Gasteiger charge is -1.94. The van der Waals surface area contributed by atoms with Crippen LogP contribution in [0.5, 0.6) is 0 Å². The van der Waals surface area contributed by atoms with Gasteiger partial charge < -0.3 is 8.94 Å². The maximum Gasteiger partial charge on any atom is 0.280 e. The molecule has 0 bridgehead atoms. The van der Waals surface area contributed by atoms with Crippen molar-refractivity contribution in [2.45, 2.75) is 13.8 Å². The molecule has 1 amide bonds. The van der Waals surface area contributed by atoms with E-state index in [-0.39, 0.29) is 11.6 Å². The van der Waals surface area contributed by atoms with Crippen LogP contribution in [-0.2, 0) is 0 Å². The molecule has 0 aliphatic rings. The first-order valence-electron chi connectivity index (χ1n) is 5.86. The second kappa shape index (κ2) is 4.65. The molecule has 0 unspecified atom stereocenters. The van der Waals surface area contributed by atoms with Crippen LogP contribution in [0.3, 0.4) is 0 Å². The highest BCUT2D eigenvalue weighted by atomic mass is 16.5. The fourth-order valence-corrected chi connectivity index (χ4v) is 1.63.